The maximum Gasteiger partial charge on any atom is 0.0233 e. The summed E-state index contributed by atoms with van der Waals surface area (Å²) >= 11 is 0. The molecular formula is C25H44N2. The lowest BCUT2D eigenvalue weighted by Crippen LogP contribution is -2.42. The molecule has 0 bridgehead atoms. The van der Waals surface area contributed by atoms with Crippen molar-refractivity contribution in [2.45, 2.75) is 103 Å². The second-order valence-electron chi connectivity index (χ2n) is 8.53. The first-order valence-corrected chi connectivity index (χ1v) is 11.9. The third-order valence-electron chi connectivity index (χ3n) is 6.05. The van der Waals surface area contributed by atoms with Gasteiger partial charge in [0.25, 0.3) is 0 Å². The molecule has 0 aromatic heterocycles. The first-order chi connectivity index (χ1) is 13.4. The van der Waals surface area contributed by atoms with E-state index in [-0.39, 0.29) is 0 Å². The van der Waals surface area contributed by atoms with Crippen molar-refractivity contribution in [2.24, 2.45) is 0 Å². The number of piperidine rings is 1. The van der Waals surface area contributed by atoms with E-state index in [1.165, 1.54) is 109 Å². The lowest BCUT2D eigenvalue weighted by atomic mass is 10.0. The van der Waals surface area contributed by atoms with Crippen LogP contribution in [0.15, 0.2) is 30.3 Å². The van der Waals surface area contributed by atoms with Crippen LogP contribution >= 0.6 is 0 Å². The summed E-state index contributed by atoms with van der Waals surface area (Å²) in [6.45, 7) is 7.12. The molecule has 1 aliphatic heterocycles. The lowest BCUT2D eigenvalue weighted by molar-refractivity contribution is 0.190. The Balaban J connectivity index is 1.36. The van der Waals surface area contributed by atoms with Crippen LogP contribution in [0.2, 0.25) is 0 Å². The van der Waals surface area contributed by atoms with Crippen LogP contribution in [0.25, 0.3) is 0 Å². The summed E-state index contributed by atoms with van der Waals surface area (Å²) < 4.78 is 0. The van der Waals surface area contributed by atoms with Crippen molar-refractivity contribution in [1.29, 1.82) is 0 Å². The fourth-order valence-corrected chi connectivity index (χ4v) is 4.23. The van der Waals surface area contributed by atoms with Crippen LogP contribution in [0.1, 0.15) is 96.0 Å². The molecule has 0 unspecified atom stereocenters. The van der Waals surface area contributed by atoms with Crippen LogP contribution in [0.4, 0.5) is 0 Å². The van der Waals surface area contributed by atoms with E-state index in [2.05, 4.69) is 47.5 Å². The molecule has 1 N–H and O–H groups in total. The minimum atomic E-state index is 0.750. The van der Waals surface area contributed by atoms with Crippen LogP contribution in [0.5, 0.6) is 0 Å². The van der Waals surface area contributed by atoms with E-state index in [9.17, 15) is 0 Å². The van der Waals surface area contributed by atoms with E-state index < -0.39 is 0 Å². The predicted octanol–water partition coefficient (Wildman–Crippen LogP) is 6.55. The molecule has 0 atom stereocenters. The molecular weight excluding hydrogens is 328 g/mol. The van der Waals surface area contributed by atoms with Gasteiger partial charge in [-0.15, -0.1) is 0 Å². The summed E-state index contributed by atoms with van der Waals surface area (Å²) in [6, 6.07) is 11.6. The predicted molar refractivity (Wildman–Crippen MR) is 119 cm³/mol. The molecule has 154 valence electrons. The van der Waals surface area contributed by atoms with E-state index in [1.807, 2.05) is 0 Å². The maximum atomic E-state index is 3.81. The van der Waals surface area contributed by atoms with Gasteiger partial charge in [0.2, 0.25) is 0 Å². The fourth-order valence-electron chi connectivity index (χ4n) is 4.23. The Morgan fingerprint density at radius 1 is 0.778 bits per heavy atom. The monoisotopic (exact) mass is 372 g/mol. The van der Waals surface area contributed by atoms with Crippen molar-refractivity contribution < 1.29 is 0 Å². The van der Waals surface area contributed by atoms with Gasteiger partial charge < -0.3 is 5.32 Å². The van der Waals surface area contributed by atoms with Gasteiger partial charge in [0, 0.05) is 12.6 Å². The average molecular weight is 373 g/mol. The quantitative estimate of drug-likeness (QED) is 0.351. The largest absolute Gasteiger partial charge is 0.314 e. The standard InChI is InChI=1S/C25H44N2/c1-2-3-4-5-6-7-8-9-10-11-15-20-26-25-18-21-27(22-19-25)23-24-16-13-12-14-17-24/h12-14,16-17,25-26H,2-11,15,18-23H2,1H3. The van der Waals surface area contributed by atoms with Gasteiger partial charge in [-0.1, -0.05) is 101 Å². The van der Waals surface area contributed by atoms with Gasteiger partial charge in [0.1, 0.15) is 0 Å². The summed E-state index contributed by atoms with van der Waals surface area (Å²) in [5.41, 5.74) is 1.45. The number of nitrogens with one attached hydrogen (secondary N) is 1. The van der Waals surface area contributed by atoms with E-state index >= 15 is 0 Å². The highest BCUT2D eigenvalue weighted by Gasteiger charge is 2.18. The van der Waals surface area contributed by atoms with Crippen LogP contribution in [-0.4, -0.2) is 30.6 Å². The van der Waals surface area contributed by atoms with E-state index in [4.69, 9.17) is 0 Å². The first-order valence-electron chi connectivity index (χ1n) is 11.9. The van der Waals surface area contributed by atoms with Crippen molar-refractivity contribution in [1.82, 2.24) is 10.2 Å². The zero-order chi connectivity index (χ0) is 19.0. The molecule has 2 nitrogen and oxygen atoms in total. The molecule has 0 radical (unpaired) electrons. The summed E-state index contributed by atoms with van der Waals surface area (Å²) in [5, 5.41) is 3.81. The zero-order valence-electron chi connectivity index (χ0n) is 17.9. The van der Waals surface area contributed by atoms with Gasteiger partial charge >= 0.3 is 0 Å². The summed E-state index contributed by atoms with van der Waals surface area (Å²) in [7, 11) is 0. The minimum Gasteiger partial charge on any atom is -0.314 e. The van der Waals surface area contributed by atoms with Crippen LogP contribution in [-0.2, 0) is 6.54 Å². The van der Waals surface area contributed by atoms with Crippen molar-refractivity contribution in [3.05, 3.63) is 35.9 Å². The molecule has 2 heteroatoms. The Hall–Kier alpha value is -0.860. The highest BCUT2D eigenvalue weighted by molar-refractivity contribution is 5.14. The second-order valence-corrected chi connectivity index (χ2v) is 8.53. The molecule has 1 aromatic rings. The Morgan fingerprint density at radius 3 is 1.93 bits per heavy atom. The molecule has 0 saturated carbocycles. The Bertz CT molecular complexity index is 437. The van der Waals surface area contributed by atoms with Crippen LogP contribution in [0, 0.1) is 0 Å². The number of hydrogen-bond acceptors (Lipinski definition) is 2. The van der Waals surface area contributed by atoms with Crippen molar-refractivity contribution >= 4 is 0 Å². The van der Waals surface area contributed by atoms with Crippen LogP contribution in [0.3, 0.4) is 0 Å². The third kappa shape index (κ3) is 10.9. The molecule has 2 rings (SSSR count). The van der Waals surface area contributed by atoms with E-state index in [0.29, 0.717) is 0 Å². The topological polar surface area (TPSA) is 15.3 Å². The molecule has 1 saturated heterocycles. The van der Waals surface area contributed by atoms with Crippen molar-refractivity contribution in [3.63, 3.8) is 0 Å². The fraction of sp³-hybridized carbons (Fsp3) is 0.760. The summed E-state index contributed by atoms with van der Waals surface area (Å²) in [5.74, 6) is 0. The Morgan fingerprint density at radius 2 is 1.33 bits per heavy atom. The number of nitrogens with zero attached hydrogens (tertiary/aromatic N) is 1. The van der Waals surface area contributed by atoms with E-state index in [1.54, 1.807) is 0 Å². The van der Waals surface area contributed by atoms with Gasteiger partial charge in [0.15, 0.2) is 0 Å². The molecule has 1 aliphatic rings. The number of unbranched alkanes of at least 4 members (excludes halogenated alkanes) is 10. The van der Waals surface area contributed by atoms with Crippen molar-refractivity contribution in [2.75, 3.05) is 19.6 Å². The first kappa shape index (κ1) is 22.4. The average Bonchev–Trinajstić information content (AvgIpc) is 2.71. The van der Waals surface area contributed by atoms with Crippen molar-refractivity contribution in [3.8, 4) is 0 Å². The zero-order valence-corrected chi connectivity index (χ0v) is 17.9. The van der Waals surface area contributed by atoms with E-state index in [0.717, 1.165) is 12.6 Å². The summed E-state index contributed by atoms with van der Waals surface area (Å²) in [6.07, 6.45) is 18.4. The second kappa shape index (κ2) is 15.1. The molecule has 0 amide bonds. The smallest absolute Gasteiger partial charge is 0.0233 e. The molecule has 1 aromatic carbocycles. The van der Waals surface area contributed by atoms with Gasteiger partial charge in [-0.05, 0) is 44.5 Å². The maximum absolute atomic E-state index is 3.81. The normalized spacial score (nSPS) is 16.0. The Labute approximate surface area is 169 Å². The van der Waals surface area contributed by atoms with Gasteiger partial charge in [-0.3, -0.25) is 4.90 Å². The number of rotatable bonds is 15. The molecule has 0 aliphatic carbocycles. The molecule has 1 heterocycles. The SMILES string of the molecule is CCCCCCCCCCCCCNC1CCN(Cc2ccccc2)CC1. The highest BCUT2D eigenvalue weighted by Crippen LogP contribution is 2.14. The highest BCUT2D eigenvalue weighted by atomic mass is 15.1. The molecule has 0 spiro atoms. The number of hydrogen-bond donors (Lipinski definition) is 1. The molecule has 27 heavy (non-hydrogen) atoms. The van der Waals surface area contributed by atoms with Gasteiger partial charge in [-0.2, -0.15) is 0 Å². The number of likely N-dealkylation sites (tertiary alicyclic amines) is 1. The minimum absolute atomic E-state index is 0.750. The van der Waals surface area contributed by atoms with Gasteiger partial charge in [0.05, 0.1) is 0 Å². The number of benzene rings is 1. The molecule has 1 fully saturated rings. The lowest BCUT2D eigenvalue weighted by Gasteiger charge is -2.32. The Kier molecular flexibility index (Phi) is 12.6. The van der Waals surface area contributed by atoms with Crippen LogP contribution < -0.4 is 5.32 Å². The third-order valence-corrected chi connectivity index (χ3v) is 6.05. The summed E-state index contributed by atoms with van der Waals surface area (Å²) in [4.78, 5) is 2.61. The van der Waals surface area contributed by atoms with Gasteiger partial charge in [-0.25, -0.2) is 0 Å².